The van der Waals surface area contributed by atoms with Crippen molar-refractivity contribution in [2.45, 2.75) is 45.8 Å². The molecule has 0 saturated carbocycles. The molecule has 0 radical (unpaired) electrons. The van der Waals surface area contributed by atoms with Gasteiger partial charge in [-0.3, -0.25) is 4.90 Å². The minimum Gasteiger partial charge on any atom is -0.322 e. The predicted octanol–water partition coefficient (Wildman–Crippen LogP) is 4.35. The first kappa shape index (κ1) is 23.0. The summed E-state index contributed by atoms with van der Waals surface area (Å²) in [6.45, 7) is 5.14. The zero-order valence-electron chi connectivity index (χ0n) is 20.9. The van der Waals surface area contributed by atoms with Crippen molar-refractivity contribution in [1.82, 2.24) is 28.5 Å². The summed E-state index contributed by atoms with van der Waals surface area (Å²) in [7, 11) is 0. The molecule has 0 bridgehead atoms. The molecule has 0 spiro atoms. The lowest BCUT2D eigenvalue weighted by atomic mass is 9.97. The average Bonchev–Trinajstić information content (AvgIpc) is 3.60. The maximum atomic E-state index is 10.0. The molecule has 184 valence electrons. The number of fused-ring (bicyclic) bond motifs is 3. The third-order valence-electron chi connectivity index (χ3n) is 7.49. The third kappa shape index (κ3) is 4.16. The van der Waals surface area contributed by atoms with Gasteiger partial charge in [0.05, 0.1) is 22.2 Å². The fraction of sp³-hybridized carbons (Fsp3) is 0.310. The lowest BCUT2D eigenvalue weighted by Gasteiger charge is -2.30. The number of nitriles is 2. The normalized spacial score (nSPS) is 15.2. The molecule has 0 aromatic carbocycles. The monoisotopic (exact) mass is 488 g/mol. The first-order chi connectivity index (χ1) is 18.2. The van der Waals surface area contributed by atoms with Gasteiger partial charge < -0.3 is 13.4 Å². The van der Waals surface area contributed by atoms with E-state index in [2.05, 4.69) is 51.1 Å². The van der Waals surface area contributed by atoms with Crippen molar-refractivity contribution < 1.29 is 0 Å². The Morgan fingerprint density at radius 1 is 0.919 bits per heavy atom. The van der Waals surface area contributed by atoms with E-state index < -0.39 is 0 Å². The Bertz CT molecular complexity index is 1560. The summed E-state index contributed by atoms with van der Waals surface area (Å²) in [4.78, 5) is 2.40. The van der Waals surface area contributed by atoms with Crippen LogP contribution in [0.3, 0.4) is 0 Å². The van der Waals surface area contributed by atoms with Crippen molar-refractivity contribution in [1.29, 1.82) is 10.5 Å². The molecular weight excluding hydrogens is 460 g/mol. The van der Waals surface area contributed by atoms with Crippen LogP contribution in [0.5, 0.6) is 0 Å². The number of hydrogen-bond donors (Lipinski definition) is 0. The van der Waals surface area contributed by atoms with Crippen LogP contribution in [-0.2, 0) is 32.5 Å². The maximum Gasteiger partial charge on any atom is 0.133 e. The van der Waals surface area contributed by atoms with Gasteiger partial charge in [-0.05, 0) is 36.6 Å². The molecule has 6 heterocycles. The number of rotatable bonds is 7. The molecule has 0 N–H and O–H groups in total. The Hall–Kier alpha value is -4.40. The lowest BCUT2D eigenvalue weighted by Crippen LogP contribution is -2.34. The van der Waals surface area contributed by atoms with Crippen LogP contribution in [0.2, 0.25) is 0 Å². The van der Waals surface area contributed by atoms with E-state index in [4.69, 9.17) is 0 Å². The molecule has 0 fully saturated rings. The van der Waals surface area contributed by atoms with Crippen LogP contribution in [0, 0.1) is 28.6 Å². The number of aryl methyl sites for hydroxylation is 2. The summed E-state index contributed by atoms with van der Waals surface area (Å²) in [5.74, 6) is 2.55. The molecular formula is C29H28N8. The molecule has 8 nitrogen and oxygen atoms in total. The van der Waals surface area contributed by atoms with Crippen LogP contribution >= 0.6 is 0 Å². The molecule has 0 unspecified atom stereocenters. The minimum absolute atomic E-state index is 0.430. The van der Waals surface area contributed by atoms with Crippen LogP contribution in [0.15, 0.2) is 61.2 Å². The smallest absolute Gasteiger partial charge is 0.133 e. The van der Waals surface area contributed by atoms with Gasteiger partial charge >= 0.3 is 0 Å². The van der Waals surface area contributed by atoms with Gasteiger partial charge in [-0.15, -0.1) is 10.2 Å². The standard InChI is InChI=1S/C29H28N8/c1-2-28-32-33-29-10-9-21(16-37(28)29)15-34(17-22-19-35-11-5-3-7-26(35)24(22)13-30)18-23-20-36-12-6-4-8-27(36)25(23)14-31/h3-8,11-12,19-21H,2,9-10,15-18H2,1H3/t21-/m1/s1. The van der Waals surface area contributed by atoms with E-state index >= 15 is 0 Å². The maximum absolute atomic E-state index is 10.0. The number of hydrogen-bond acceptors (Lipinski definition) is 5. The molecule has 8 heteroatoms. The second kappa shape index (κ2) is 9.57. The van der Waals surface area contributed by atoms with Crippen molar-refractivity contribution in [2.24, 2.45) is 5.92 Å². The highest BCUT2D eigenvalue weighted by Gasteiger charge is 2.26. The Labute approximate surface area is 215 Å². The van der Waals surface area contributed by atoms with Crippen LogP contribution < -0.4 is 0 Å². The van der Waals surface area contributed by atoms with Crippen molar-refractivity contribution >= 4 is 11.0 Å². The van der Waals surface area contributed by atoms with Gasteiger partial charge in [-0.1, -0.05) is 19.1 Å². The van der Waals surface area contributed by atoms with E-state index in [1.807, 2.05) is 57.6 Å². The second-order valence-electron chi connectivity index (χ2n) is 9.84. The third-order valence-corrected chi connectivity index (χ3v) is 7.49. The van der Waals surface area contributed by atoms with E-state index in [1.165, 1.54) is 0 Å². The molecule has 5 aromatic rings. The Balaban J connectivity index is 1.34. The largest absolute Gasteiger partial charge is 0.322 e. The van der Waals surface area contributed by atoms with E-state index in [9.17, 15) is 10.5 Å². The van der Waals surface area contributed by atoms with Crippen LogP contribution in [0.1, 0.15) is 47.2 Å². The van der Waals surface area contributed by atoms with Gasteiger partial charge in [-0.25, -0.2) is 0 Å². The van der Waals surface area contributed by atoms with Gasteiger partial charge in [-0.2, -0.15) is 10.5 Å². The predicted molar refractivity (Wildman–Crippen MR) is 140 cm³/mol. The SMILES string of the molecule is CCc1nnc2n1C[C@@H](CN(Cc1cn3ccccc3c1C#N)Cc1cn3ccccc3c1C#N)CC2. The quantitative estimate of drug-likeness (QED) is 0.340. The molecule has 37 heavy (non-hydrogen) atoms. The van der Waals surface area contributed by atoms with Gasteiger partial charge in [0.1, 0.15) is 23.8 Å². The summed E-state index contributed by atoms with van der Waals surface area (Å²) in [5.41, 5.74) is 5.28. The summed E-state index contributed by atoms with van der Waals surface area (Å²) >= 11 is 0. The van der Waals surface area contributed by atoms with Gasteiger partial charge in [0.15, 0.2) is 0 Å². The molecule has 5 aromatic heterocycles. The summed E-state index contributed by atoms with van der Waals surface area (Å²) < 4.78 is 6.33. The fourth-order valence-electron chi connectivity index (χ4n) is 5.75. The molecule has 1 aliphatic heterocycles. The molecule has 0 saturated heterocycles. The van der Waals surface area contributed by atoms with E-state index in [0.29, 0.717) is 30.1 Å². The highest BCUT2D eigenvalue weighted by molar-refractivity contribution is 5.66. The Kier molecular flexibility index (Phi) is 5.96. The Morgan fingerprint density at radius 2 is 1.54 bits per heavy atom. The summed E-state index contributed by atoms with van der Waals surface area (Å²) in [6.07, 6.45) is 10.9. The number of pyridine rings is 2. The minimum atomic E-state index is 0.430. The van der Waals surface area contributed by atoms with E-state index in [-0.39, 0.29) is 0 Å². The summed E-state index contributed by atoms with van der Waals surface area (Å²) in [6, 6.07) is 16.7. The fourth-order valence-corrected chi connectivity index (χ4v) is 5.75. The topological polar surface area (TPSA) is 90.3 Å². The zero-order chi connectivity index (χ0) is 25.4. The molecule has 6 rings (SSSR count). The summed E-state index contributed by atoms with van der Waals surface area (Å²) in [5, 5.41) is 28.8. The first-order valence-electron chi connectivity index (χ1n) is 12.8. The van der Waals surface area contributed by atoms with Crippen molar-refractivity contribution in [3.8, 4) is 12.1 Å². The highest BCUT2D eigenvalue weighted by Crippen LogP contribution is 2.27. The van der Waals surface area contributed by atoms with Gasteiger partial charge in [0.25, 0.3) is 0 Å². The van der Waals surface area contributed by atoms with Gasteiger partial charge in [0, 0.05) is 74.9 Å². The van der Waals surface area contributed by atoms with Crippen LogP contribution in [0.4, 0.5) is 0 Å². The average molecular weight is 489 g/mol. The molecule has 0 amide bonds. The van der Waals surface area contributed by atoms with E-state index in [0.717, 1.165) is 66.2 Å². The zero-order valence-corrected chi connectivity index (χ0v) is 20.9. The lowest BCUT2D eigenvalue weighted by molar-refractivity contribution is 0.186. The molecule has 1 aliphatic rings. The van der Waals surface area contributed by atoms with Crippen molar-refractivity contribution in [3.63, 3.8) is 0 Å². The van der Waals surface area contributed by atoms with Crippen LogP contribution in [-0.4, -0.2) is 35.0 Å². The van der Waals surface area contributed by atoms with Crippen molar-refractivity contribution in [3.05, 3.63) is 95.1 Å². The second-order valence-corrected chi connectivity index (χ2v) is 9.84. The Morgan fingerprint density at radius 3 is 2.11 bits per heavy atom. The number of nitrogens with zero attached hydrogens (tertiary/aromatic N) is 8. The first-order valence-corrected chi connectivity index (χ1v) is 12.8. The van der Waals surface area contributed by atoms with Crippen LogP contribution in [0.25, 0.3) is 11.0 Å². The van der Waals surface area contributed by atoms with E-state index in [1.54, 1.807) is 0 Å². The molecule has 0 aliphatic carbocycles. The number of aromatic nitrogens is 5. The highest BCUT2D eigenvalue weighted by atomic mass is 15.3. The molecule has 1 atom stereocenters. The van der Waals surface area contributed by atoms with Gasteiger partial charge in [0.2, 0.25) is 0 Å². The van der Waals surface area contributed by atoms with Crippen molar-refractivity contribution in [2.75, 3.05) is 6.54 Å².